The number of ether oxygens (including phenoxy) is 1. The van der Waals surface area contributed by atoms with E-state index in [0.717, 1.165) is 19.3 Å². The van der Waals surface area contributed by atoms with Crippen LogP contribution in [0, 0.1) is 5.92 Å². The van der Waals surface area contributed by atoms with Gasteiger partial charge in [0.25, 0.3) is 5.91 Å². The third kappa shape index (κ3) is 5.34. The average Bonchev–Trinajstić information content (AvgIpc) is 2.63. The van der Waals surface area contributed by atoms with Crippen molar-refractivity contribution in [2.24, 2.45) is 5.92 Å². The van der Waals surface area contributed by atoms with Crippen LogP contribution in [0.1, 0.15) is 57.3 Å². The van der Waals surface area contributed by atoms with Crippen molar-refractivity contribution < 1.29 is 14.3 Å². The van der Waals surface area contributed by atoms with Gasteiger partial charge in [-0.25, -0.2) is 0 Å². The molecule has 1 N–H and O–H groups in total. The number of benzene rings is 1. The van der Waals surface area contributed by atoms with Gasteiger partial charge in [0.2, 0.25) is 5.91 Å². The Morgan fingerprint density at radius 1 is 1.19 bits per heavy atom. The molecule has 1 aliphatic rings. The molecule has 2 amide bonds. The van der Waals surface area contributed by atoms with Gasteiger partial charge in [-0.3, -0.25) is 9.59 Å². The van der Waals surface area contributed by atoms with Crippen molar-refractivity contribution in [3.8, 4) is 5.75 Å². The molecule has 148 valence electrons. The molecule has 0 unspecified atom stereocenters. The molecular weight excluding hydrogens is 340 g/mol. The molecule has 5 nitrogen and oxygen atoms in total. The van der Waals surface area contributed by atoms with Gasteiger partial charge in [-0.05, 0) is 37.8 Å². The summed E-state index contributed by atoms with van der Waals surface area (Å²) in [5.41, 5.74) is 0.485. The highest BCUT2D eigenvalue weighted by atomic mass is 16.5. The molecule has 1 aliphatic heterocycles. The predicted molar refractivity (Wildman–Crippen MR) is 108 cm³/mol. The van der Waals surface area contributed by atoms with E-state index in [0.29, 0.717) is 11.3 Å². The summed E-state index contributed by atoms with van der Waals surface area (Å²) in [4.78, 5) is 27.7. The van der Waals surface area contributed by atoms with Crippen LogP contribution in [0.2, 0.25) is 0 Å². The van der Waals surface area contributed by atoms with Crippen molar-refractivity contribution in [3.63, 3.8) is 0 Å². The first-order chi connectivity index (χ1) is 12.8. The molecule has 0 radical (unpaired) electrons. The van der Waals surface area contributed by atoms with Gasteiger partial charge in [-0.1, -0.05) is 45.1 Å². The van der Waals surface area contributed by atoms with Crippen LogP contribution in [-0.4, -0.2) is 41.9 Å². The smallest absolute Gasteiger partial charge is 0.258 e. The summed E-state index contributed by atoms with van der Waals surface area (Å²) in [5.74, 6) is 0.241. The Labute approximate surface area is 162 Å². The van der Waals surface area contributed by atoms with Gasteiger partial charge < -0.3 is 15.0 Å². The normalized spacial score (nSPS) is 26.0. The number of para-hydroxylation sites is 1. The van der Waals surface area contributed by atoms with Gasteiger partial charge >= 0.3 is 0 Å². The summed E-state index contributed by atoms with van der Waals surface area (Å²) < 4.78 is 6.04. The molecule has 1 heterocycles. The SMILES string of the molecule is CC[C@H]1C/C=C/C[C@H](C)Oc2ccccc2C(=O)N(C)[C@H](C(C)C)C(=O)N1. The molecular formula is C22H32N2O3. The summed E-state index contributed by atoms with van der Waals surface area (Å²) in [6.45, 7) is 7.98. The van der Waals surface area contributed by atoms with Crippen molar-refractivity contribution in [2.75, 3.05) is 7.05 Å². The number of nitrogens with one attached hydrogen (secondary N) is 1. The maximum atomic E-state index is 13.2. The lowest BCUT2D eigenvalue weighted by atomic mass is 9.99. The predicted octanol–water partition coefficient (Wildman–Crippen LogP) is 3.80. The first-order valence-corrected chi connectivity index (χ1v) is 9.83. The van der Waals surface area contributed by atoms with Crippen molar-refractivity contribution >= 4 is 11.8 Å². The third-order valence-electron chi connectivity index (χ3n) is 4.98. The van der Waals surface area contributed by atoms with Crippen LogP contribution in [0.25, 0.3) is 0 Å². The van der Waals surface area contributed by atoms with Crippen LogP contribution in [0.4, 0.5) is 0 Å². The fraction of sp³-hybridized carbons (Fsp3) is 0.545. The van der Waals surface area contributed by atoms with E-state index in [1.165, 1.54) is 0 Å². The molecule has 0 spiro atoms. The van der Waals surface area contributed by atoms with E-state index in [1.54, 1.807) is 18.0 Å². The lowest BCUT2D eigenvalue weighted by Gasteiger charge is -2.32. The van der Waals surface area contributed by atoms with E-state index in [9.17, 15) is 9.59 Å². The van der Waals surface area contributed by atoms with Gasteiger partial charge in [0.15, 0.2) is 0 Å². The molecule has 0 aromatic heterocycles. The molecule has 1 aromatic carbocycles. The highest BCUT2D eigenvalue weighted by Crippen LogP contribution is 2.24. The van der Waals surface area contributed by atoms with Gasteiger partial charge in [0.1, 0.15) is 11.8 Å². The summed E-state index contributed by atoms with van der Waals surface area (Å²) >= 11 is 0. The lowest BCUT2D eigenvalue weighted by Crippen LogP contribution is -2.52. The Balaban J connectivity index is 2.43. The van der Waals surface area contributed by atoms with E-state index >= 15 is 0 Å². The number of likely N-dealkylation sites (N-methyl/N-ethyl adjacent to an activating group) is 1. The number of amides is 2. The Morgan fingerprint density at radius 2 is 1.85 bits per heavy atom. The van der Waals surface area contributed by atoms with Crippen LogP contribution < -0.4 is 10.1 Å². The number of rotatable bonds is 2. The van der Waals surface area contributed by atoms with Crippen molar-refractivity contribution in [2.45, 2.75) is 65.1 Å². The quantitative estimate of drug-likeness (QED) is 0.804. The monoisotopic (exact) mass is 372 g/mol. The minimum atomic E-state index is -0.538. The summed E-state index contributed by atoms with van der Waals surface area (Å²) in [6, 6.07) is 6.77. The molecule has 27 heavy (non-hydrogen) atoms. The zero-order valence-electron chi connectivity index (χ0n) is 17.1. The minimum Gasteiger partial charge on any atom is -0.490 e. The van der Waals surface area contributed by atoms with E-state index in [4.69, 9.17) is 4.74 Å². The van der Waals surface area contributed by atoms with Gasteiger partial charge in [-0.2, -0.15) is 0 Å². The summed E-state index contributed by atoms with van der Waals surface area (Å²) in [5, 5.41) is 3.12. The number of carbonyl (C=O) groups is 2. The zero-order chi connectivity index (χ0) is 20.0. The Morgan fingerprint density at radius 3 is 2.52 bits per heavy atom. The Bertz CT molecular complexity index is 684. The average molecular weight is 373 g/mol. The van der Waals surface area contributed by atoms with Crippen molar-refractivity contribution in [3.05, 3.63) is 42.0 Å². The Hall–Kier alpha value is -2.30. The van der Waals surface area contributed by atoms with E-state index in [-0.39, 0.29) is 29.9 Å². The van der Waals surface area contributed by atoms with Crippen LogP contribution in [0.3, 0.4) is 0 Å². The second-order valence-electron chi connectivity index (χ2n) is 7.59. The molecule has 5 heteroatoms. The number of fused-ring (bicyclic) bond motifs is 1. The fourth-order valence-corrected chi connectivity index (χ4v) is 3.42. The van der Waals surface area contributed by atoms with Crippen molar-refractivity contribution in [1.29, 1.82) is 0 Å². The topological polar surface area (TPSA) is 58.6 Å². The second-order valence-corrected chi connectivity index (χ2v) is 7.59. The molecule has 3 atom stereocenters. The van der Waals surface area contributed by atoms with E-state index < -0.39 is 6.04 Å². The highest BCUT2D eigenvalue weighted by Gasteiger charge is 2.32. The molecule has 2 rings (SSSR count). The first-order valence-electron chi connectivity index (χ1n) is 9.83. The zero-order valence-corrected chi connectivity index (χ0v) is 17.1. The molecule has 0 bridgehead atoms. The number of nitrogens with zero attached hydrogens (tertiary/aromatic N) is 1. The number of carbonyl (C=O) groups excluding carboxylic acids is 2. The van der Waals surface area contributed by atoms with Gasteiger partial charge in [-0.15, -0.1) is 0 Å². The van der Waals surface area contributed by atoms with Crippen LogP contribution in [0.5, 0.6) is 5.75 Å². The first kappa shape index (κ1) is 21.0. The van der Waals surface area contributed by atoms with Gasteiger partial charge in [0, 0.05) is 19.5 Å². The van der Waals surface area contributed by atoms with E-state index in [2.05, 4.69) is 24.4 Å². The van der Waals surface area contributed by atoms with Gasteiger partial charge in [0.05, 0.1) is 11.7 Å². The summed E-state index contributed by atoms with van der Waals surface area (Å²) in [6.07, 6.45) is 6.50. The number of hydrogen-bond donors (Lipinski definition) is 1. The van der Waals surface area contributed by atoms with Crippen LogP contribution >= 0.6 is 0 Å². The highest BCUT2D eigenvalue weighted by molar-refractivity contribution is 5.99. The van der Waals surface area contributed by atoms with E-state index in [1.807, 2.05) is 39.0 Å². The molecule has 0 saturated heterocycles. The second kappa shape index (κ2) is 9.58. The fourth-order valence-electron chi connectivity index (χ4n) is 3.42. The third-order valence-corrected chi connectivity index (χ3v) is 4.98. The molecule has 1 aromatic rings. The Kier molecular flexibility index (Phi) is 7.45. The maximum absolute atomic E-state index is 13.2. The lowest BCUT2D eigenvalue weighted by molar-refractivity contribution is -0.127. The molecule has 0 saturated carbocycles. The maximum Gasteiger partial charge on any atom is 0.258 e. The standard InChI is InChI=1S/C22H32N2O3/c1-6-17-12-8-7-11-16(4)27-19-14-10-9-13-18(19)22(26)24(5)20(15(2)3)21(25)23-17/h7-10,13-17,20H,6,11-12H2,1-5H3,(H,23,25)/b8-7+/t16-,17-,20+/m0/s1. The minimum absolute atomic E-state index is 0.00749. The summed E-state index contributed by atoms with van der Waals surface area (Å²) in [7, 11) is 1.69. The number of hydrogen-bond acceptors (Lipinski definition) is 3. The van der Waals surface area contributed by atoms with Crippen LogP contribution in [-0.2, 0) is 4.79 Å². The largest absolute Gasteiger partial charge is 0.490 e. The van der Waals surface area contributed by atoms with Crippen LogP contribution in [0.15, 0.2) is 36.4 Å². The molecule has 0 aliphatic carbocycles. The van der Waals surface area contributed by atoms with Crippen molar-refractivity contribution in [1.82, 2.24) is 10.2 Å². The molecule has 0 fully saturated rings.